The number of hydrogen-bond acceptors (Lipinski definition) is 6. The number of anilines is 1. The summed E-state index contributed by atoms with van der Waals surface area (Å²) < 4.78 is 2.84. The number of carbonyl (C=O) groups excluding carboxylic acids is 2. The van der Waals surface area contributed by atoms with E-state index in [1.165, 1.54) is 10.9 Å². The monoisotopic (exact) mass is 397 g/mol. The second-order valence-corrected chi connectivity index (χ2v) is 6.48. The summed E-state index contributed by atoms with van der Waals surface area (Å²) >= 11 is 0. The quantitative estimate of drug-likeness (QED) is 0.475. The van der Waals surface area contributed by atoms with E-state index in [1.54, 1.807) is 49.8 Å². The van der Waals surface area contributed by atoms with Crippen LogP contribution in [0.2, 0.25) is 0 Å². The first-order valence-corrected chi connectivity index (χ1v) is 8.59. The average molecular weight is 397 g/mol. The Morgan fingerprint density at radius 1 is 1.24 bits per heavy atom. The van der Waals surface area contributed by atoms with Crippen molar-refractivity contribution >= 4 is 23.2 Å². The van der Waals surface area contributed by atoms with Crippen LogP contribution in [0.1, 0.15) is 37.8 Å². The van der Waals surface area contributed by atoms with E-state index in [2.05, 4.69) is 15.5 Å². The number of aromatic nitrogens is 4. The molecule has 1 aromatic carbocycles. The summed E-state index contributed by atoms with van der Waals surface area (Å²) in [6.45, 7) is 3.56. The number of aryl methyl sites for hydroxylation is 2. The highest BCUT2D eigenvalue weighted by molar-refractivity contribution is 6.08. The van der Waals surface area contributed by atoms with Crippen molar-refractivity contribution in [2.45, 2.75) is 20.4 Å². The molecular formula is C18H19N7O4. The lowest BCUT2D eigenvalue weighted by atomic mass is 10.1. The van der Waals surface area contributed by atoms with Crippen LogP contribution in [-0.2, 0) is 13.6 Å². The molecule has 0 radical (unpaired) electrons. The van der Waals surface area contributed by atoms with E-state index in [0.29, 0.717) is 23.5 Å². The molecule has 0 atom stereocenters. The van der Waals surface area contributed by atoms with Crippen molar-refractivity contribution < 1.29 is 14.5 Å². The fourth-order valence-electron chi connectivity index (χ4n) is 3.06. The minimum absolute atomic E-state index is 0.00252. The molecule has 0 saturated carbocycles. The third-order valence-electron chi connectivity index (χ3n) is 4.49. The maximum absolute atomic E-state index is 12.5. The Labute approximate surface area is 165 Å². The third kappa shape index (κ3) is 3.83. The van der Waals surface area contributed by atoms with Gasteiger partial charge in [0.15, 0.2) is 0 Å². The topological polar surface area (TPSA) is 151 Å². The van der Waals surface area contributed by atoms with Gasteiger partial charge in [0.2, 0.25) is 0 Å². The van der Waals surface area contributed by atoms with Crippen molar-refractivity contribution in [2.75, 3.05) is 5.32 Å². The van der Waals surface area contributed by atoms with Gasteiger partial charge in [0.25, 0.3) is 11.8 Å². The molecule has 3 rings (SSSR count). The second kappa shape index (κ2) is 7.54. The third-order valence-corrected chi connectivity index (χ3v) is 4.49. The molecule has 0 aliphatic rings. The van der Waals surface area contributed by atoms with Gasteiger partial charge >= 0.3 is 5.69 Å². The molecule has 3 N–H and O–H groups in total. The van der Waals surface area contributed by atoms with E-state index in [9.17, 15) is 19.7 Å². The molecule has 0 unspecified atom stereocenters. The van der Waals surface area contributed by atoms with Crippen molar-refractivity contribution in [3.63, 3.8) is 0 Å². The van der Waals surface area contributed by atoms with Crippen LogP contribution in [0.25, 0.3) is 0 Å². The maximum Gasteiger partial charge on any atom is 0.312 e. The number of nitrogens with two attached hydrogens (primary N) is 1. The summed E-state index contributed by atoms with van der Waals surface area (Å²) in [6, 6.07) is 6.70. The molecule has 0 aliphatic heterocycles. The molecule has 0 fully saturated rings. The number of carbonyl (C=O) groups is 2. The van der Waals surface area contributed by atoms with E-state index in [0.717, 1.165) is 5.56 Å². The van der Waals surface area contributed by atoms with Crippen LogP contribution in [-0.4, -0.2) is 36.3 Å². The van der Waals surface area contributed by atoms with E-state index in [-0.39, 0.29) is 17.1 Å². The van der Waals surface area contributed by atoms with Crippen LogP contribution in [0.15, 0.2) is 30.5 Å². The molecule has 150 valence electrons. The van der Waals surface area contributed by atoms with Gasteiger partial charge in [0.05, 0.1) is 23.4 Å². The molecule has 11 nitrogen and oxygen atoms in total. The van der Waals surface area contributed by atoms with E-state index in [4.69, 9.17) is 5.73 Å². The lowest BCUT2D eigenvalue weighted by Gasteiger charge is -2.07. The summed E-state index contributed by atoms with van der Waals surface area (Å²) in [6.07, 6.45) is 1.35. The van der Waals surface area contributed by atoms with Gasteiger partial charge in [-0.05, 0) is 31.5 Å². The number of nitro groups is 1. The average Bonchev–Trinajstić information content (AvgIpc) is 3.14. The highest BCUT2D eigenvalue weighted by Gasteiger charge is 2.22. The second-order valence-electron chi connectivity index (χ2n) is 6.48. The lowest BCUT2D eigenvalue weighted by molar-refractivity contribution is -0.386. The SMILES string of the molecule is Cc1nn(Cc2ccc(C(=O)Nc3cnn(C)c3C(N)=O)cc2)c(C)c1[N+](=O)[O-]. The van der Waals surface area contributed by atoms with Crippen molar-refractivity contribution in [1.82, 2.24) is 19.6 Å². The Hall–Kier alpha value is -4.02. The van der Waals surface area contributed by atoms with E-state index < -0.39 is 16.7 Å². The predicted molar refractivity (Wildman–Crippen MR) is 104 cm³/mol. The van der Waals surface area contributed by atoms with Gasteiger partial charge in [-0.25, -0.2) is 0 Å². The molecule has 3 aromatic rings. The van der Waals surface area contributed by atoms with Crippen molar-refractivity contribution in [1.29, 1.82) is 0 Å². The minimum atomic E-state index is -0.699. The van der Waals surface area contributed by atoms with Crippen LogP contribution in [0.4, 0.5) is 11.4 Å². The smallest absolute Gasteiger partial charge is 0.312 e. The number of rotatable bonds is 6. The molecular weight excluding hydrogens is 378 g/mol. The van der Waals surface area contributed by atoms with Gasteiger partial charge < -0.3 is 11.1 Å². The largest absolute Gasteiger partial charge is 0.364 e. The molecule has 0 bridgehead atoms. The minimum Gasteiger partial charge on any atom is -0.364 e. The first kappa shape index (κ1) is 19.7. The number of benzene rings is 1. The number of nitrogens with one attached hydrogen (secondary N) is 1. The highest BCUT2D eigenvalue weighted by Crippen LogP contribution is 2.22. The molecule has 0 aliphatic carbocycles. The van der Waals surface area contributed by atoms with E-state index >= 15 is 0 Å². The Balaban J connectivity index is 1.76. The molecule has 11 heteroatoms. The first-order chi connectivity index (χ1) is 13.7. The Morgan fingerprint density at radius 3 is 2.45 bits per heavy atom. The van der Waals surface area contributed by atoms with Crippen molar-refractivity contribution in [2.24, 2.45) is 12.8 Å². The van der Waals surface area contributed by atoms with Crippen LogP contribution in [0, 0.1) is 24.0 Å². The summed E-state index contributed by atoms with van der Waals surface area (Å²) in [4.78, 5) is 34.6. The summed E-state index contributed by atoms with van der Waals surface area (Å²) in [5.74, 6) is -1.12. The molecule has 0 saturated heterocycles. The van der Waals surface area contributed by atoms with Gasteiger partial charge in [-0.15, -0.1) is 0 Å². The number of hydrogen-bond donors (Lipinski definition) is 2. The van der Waals surface area contributed by atoms with Crippen LogP contribution in [0.5, 0.6) is 0 Å². The van der Waals surface area contributed by atoms with Crippen LogP contribution < -0.4 is 11.1 Å². The molecule has 29 heavy (non-hydrogen) atoms. The summed E-state index contributed by atoms with van der Waals surface area (Å²) in [5, 5.41) is 21.9. The zero-order valence-corrected chi connectivity index (χ0v) is 16.0. The Morgan fingerprint density at radius 2 is 1.90 bits per heavy atom. The van der Waals surface area contributed by atoms with Gasteiger partial charge in [-0.3, -0.25) is 29.1 Å². The number of amides is 2. The van der Waals surface area contributed by atoms with Gasteiger partial charge in [0, 0.05) is 12.6 Å². The molecule has 2 heterocycles. The first-order valence-electron chi connectivity index (χ1n) is 8.59. The van der Waals surface area contributed by atoms with Gasteiger partial charge in [-0.1, -0.05) is 12.1 Å². The van der Waals surface area contributed by atoms with Gasteiger partial charge in [0.1, 0.15) is 17.1 Å². The van der Waals surface area contributed by atoms with Crippen LogP contribution in [0.3, 0.4) is 0 Å². The fraction of sp³-hybridized carbons (Fsp3) is 0.222. The zero-order chi connectivity index (χ0) is 21.3. The summed E-state index contributed by atoms with van der Waals surface area (Å²) in [5.41, 5.74) is 7.64. The summed E-state index contributed by atoms with van der Waals surface area (Å²) in [7, 11) is 1.55. The molecule has 0 spiro atoms. The normalized spacial score (nSPS) is 10.7. The predicted octanol–water partition coefficient (Wildman–Crippen LogP) is 1.54. The Kier molecular flexibility index (Phi) is 5.13. The lowest BCUT2D eigenvalue weighted by Crippen LogP contribution is -2.20. The van der Waals surface area contributed by atoms with Crippen LogP contribution >= 0.6 is 0 Å². The van der Waals surface area contributed by atoms with Gasteiger partial charge in [-0.2, -0.15) is 10.2 Å². The standard InChI is InChI=1S/C18H19N7O4/c1-10-15(25(28)29)11(2)24(22-10)9-12-4-6-13(7-5-12)18(27)21-14-8-20-23(3)16(14)17(19)26/h4-8H,9H2,1-3H3,(H2,19,26)(H,21,27). The Bertz CT molecular complexity index is 1110. The number of primary amides is 1. The number of nitrogens with zero attached hydrogens (tertiary/aromatic N) is 5. The fourth-order valence-corrected chi connectivity index (χ4v) is 3.06. The van der Waals surface area contributed by atoms with E-state index in [1.807, 2.05) is 0 Å². The highest BCUT2D eigenvalue weighted by atomic mass is 16.6. The molecule has 2 aromatic heterocycles. The maximum atomic E-state index is 12.5. The van der Waals surface area contributed by atoms with Crippen molar-refractivity contribution in [3.8, 4) is 0 Å². The zero-order valence-electron chi connectivity index (χ0n) is 16.0. The van der Waals surface area contributed by atoms with Crippen molar-refractivity contribution in [3.05, 3.63) is 68.8 Å². The molecule has 2 amide bonds.